The first-order valence-corrected chi connectivity index (χ1v) is 6.37. The topological polar surface area (TPSA) is 61.4 Å². The number of likely N-dealkylation sites (N-methyl/N-ethyl adjacent to an activating group) is 1. The Hall–Kier alpha value is -1.92. The molecular weight excluding hydrogens is 249 g/mol. The van der Waals surface area contributed by atoms with Gasteiger partial charge in [0.1, 0.15) is 0 Å². The molecule has 0 spiro atoms. The van der Waals surface area contributed by atoms with Gasteiger partial charge in [-0.15, -0.1) is 0 Å². The van der Waals surface area contributed by atoms with Gasteiger partial charge in [-0.25, -0.2) is 9.37 Å². The number of hydrogen-bond acceptors (Lipinski definition) is 5. The fourth-order valence-corrected chi connectivity index (χ4v) is 1.84. The Morgan fingerprint density at radius 3 is 2.95 bits per heavy atom. The van der Waals surface area contributed by atoms with Crippen LogP contribution >= 0.6 is 0 Å². The Kier molecular flexibility index (Phi) is 4.13. The van der Waals surface area contributed by atoms with Gasteiger partial charge >= 0.3 is 0 Å². The molecule has 7 heteroatoms. The van der Waals surface area contributed by atoms with Gasteiger partial charge in [0.25, 0.3) is 0 Å². The number of nitrogens with one attached hydrogen (secondary N) is 1. The fourth-order valence-electron chi connectivity index (χ4n) is 1.84. The normalized spacial score (nSPS) is 15.8. The van der Waals surface area contributed by atoms with Crippen LogP contribution in [0.25, 0.3) is 0 Å². The van der Waals surface area contributed by atoms with Crippen LogP contribution in [0.15, 0.2) is 6.20 Å². The molecule has 1 saturated heterocycles. The van der Waals surface area contributed by atoms with E-state index >= 15 is 0 Å². The molecule has 6 nitrogen and oxygen atoms in total. The summed E-state index contributed by atoms with van der Waals surface area (Å²) in [7, 11) is 1.74. The Balaban J connectivity index is 2.16. The van der Waals surface area contributed by atoms with E-state index in [0.717, 1.165) is 19.2 Å². The lowest BCUT2D eigenvalue weighted by atomic mass is 10.3. The summed E-state index contributed by atoms with van der Waals surface area (Å²) in [6, 6.07) is 0. The van der Waals surface area contributed by atoms with Crippen molar-refractivity contribution in [2.24, 2.45) is 0 Å². The fraction of sp³-hybridized carbons (Fsp3) is 0.583. The van der Waals surface area contributed by atoms with E-state index in [9.17, 15) is 9.18 Å². The van der Waals surface area contributed by atoms with Crippen molar-refractivity contribution >= 4 is 17.7 Å². The maximum Gasteiger partial charge on any atom is 0.241 e. The monoisotopic (exact) mass is 267 g/mol. The highest BCUT2D eigenvalue weighted by Crippen LogP contribution is 2.19. The Labute approximate surface area is 111 Å². The molecule has 19 heavy (non-hydrogen) atoms. The van der Waals surface area contributed by atoms with Crippen molar-refractivity contribution in [2.45, 2.75) is 13.3 Å². The number of carbonyl (C=O) groups is 1. The third-order valence-corrected chi connectivity index (χ3v) is 3.02. The molecule has 0 aromatic carbocycles. The summed E-state index contributed by atoms with van der Waals surface area (Å²) in [5, 5.41) is 3.01. The summed E-state index contributed by atoms with van der Waals surface area (Å²) in [6.45, 7) is 4.05. The summed E-state index contributed by atoms with van der Waals surface area (Å²) < 4.78 is 13.8. The predicted molar refractivity (Wildman–Crippen MR) is 70.6 cm³/mol. The molecule has 2 rings (SSSR count). The van der Waals surface area contributed by atoms with Crippen LogP contribution in [0.2, 0.25) is 0 Å². The van der Waals surface area contributed by atoms with E-state index in [2.05, 4.69) is 15.3 Å². The van der Waals surface area contributed by atoms with Crippen molar-refractivity contribution in [3.05, 3.63) is 12.0 Å². The molecule has 1 aliphatic rings. The first-order chi connectivity index (χ1) is 9.11. The molecule has 0 bridgehead atoms. The van der Waals surface area contributed by atoms with Gasteiger partial charge in [-0.3, -0.25) is 4.79 Å². The minimum absolute atomic E-state index is 0.0349. The zero-order chi connectivity index (χ0) is 13.8. The van der Waals surface area contributed by atoms with Gasteiger partial charge in [0.05, 0.1) is 12.7 Å². The smallest absolute Gasteiger partial charge is 0.241 e. The van der Waals surface area contributed by atoms with Crippen molar-refractivity contribution in [1.29, 1.82) is 0 Å². The number of nitrogens with zero attached hydrogens (tertiary/aromatic N) is 4. The van der Waals surface area contributed by atoms with Gasteiger partial charge in [-0.1, -0.05) is 6.92 Å². The summed E-state index contributed by atoms with van der Waals surface area (Å²) >= 11 is 0. The third kappa shape index (κ3) is 3.10. The van der Waals surface area contributed by atoms with Crippen molar-refractivity contribution in [3.63, 3.8) is 0 Å². The minimum Gasteiger partial charge on any atom is -0.354 e. The molecule has 0 saturated carbocycles. The second kappa shape index (κ2) is 5.81. The van der Waals surface area contributed by atoms with Gasteiger partial charge in [0.15, 0.2) is 11.6 Å². The van der Waals surface area contributed by atoms with E-state index in [1.165, 1.54) is 0 Å². The van der Waals surface area contributed by atoms with Crippen LogP contribution < -0.4 is 10.2 Å². The molecule has 0 aliphatic carbocycles. The molecule has 1 aromatic heterocycles. The van der Waals surface area contributed by atoms with E-state index < -0.39 is 5.82 Å². The lowest BCUT2D eigenvalue weighted by molar-refractivity contribution is -0.129. The summed E-state index contributed by atoms with van der Waals surface area (Å²) in [5.74, 6) is 0.0476. The van der Waals surface area contributed by atoms with Crippen LogP contribution in [-0.2, 0) is 4.79 Å². The second-order valence-electron chi connectivity index (χ2n) is 4.53. The predicted octanol–water partition coefficient (Wildman–Crippen LogP) is 0.716. The van der Waals surface area contributed by atoms with Crippen LogP contribution in [0, 0.1) is 5.82 Å². The van der Waals surface area contributed by atoms with Gasteiger partial charge in [-0.05, 0) is 6.42 Å². The highest BCUT2D eigenvalue weighted by molar-refractivity contribution is 5.82. The second-order valence-corrected chi connectivity index (χ2v) is 4.53. The zero-order valence-electron chi connectivity index (χ0n) is 11.2. The number of aromatic nitrogens is 2. The quantitative estimate of drug-likeness (QED) is 0.871. The number of halogens is 1. The maximum atomic E-state index is 13.8. The molecular formula is C12H18FN5O. The van der Waals surface area contributed by atoms with Crippen LogP contribution in [-0.4, -0.2) is 54.0 Å². The van der Waals surface area contributed by atoms with E-state index in [1.807, 2.05) is 6.92 Å². The summed E-state index contributed by atoms with van der Waals surface area (Å²) in [5.41, 5.74) is 0. The van der Waals surface area contributed by atoms with Gasteiger partial charge in [-0.2, -0.15) is 4.98 Å². The van der Waals surface area contributed by atoms with E-state index in [4.69, 9.17) is 0 Å². The van der Waals surface area contributed by atoms with Gasteiger partial charge in [0, 0.05) is 26.7 Å². The highest BCUT2D eigenvalue weighted by atomic mass is 19.1. The molecule has 104 valence electrons. The highest BCUT2D eigenvalue weighted by Gasteiger charge is 2.24. The van der Waals surface area contributed by atoms with Crippen LogP contribution in [0.1, 0.15) is 13.3 Å². The number of rotatable bonds is 4. The average molecular weight is 267 g/mol. The molecule has 1 N–H and O–H groups in total. The molecule has 1 amide bonds. The molecule has 0 radical (unpaired) electrons. The van der Waals surface area contributed by atoms with Crippen LogP contribution in [0.5, 0.6) is 0 Å². The largest absolute Gasteiger partial charge is 0.354 e. The van der Waals surface area contributed by atoms with Crippen molar-refractivity contribution in [1.82, 2.24) is 14.9 Å². The number of piperazine rings is 1. The molecule has 1 aliphatic heterocycles. The standard InChI is InChI=1S/C12H18FN5O/c1-3-4-14-12-15-7-9(13)11(16-12)18-6-5-17(2)10(19)8-18/h7H,3-6,8H2,1-2H3,(H,14,15,16). The van der Waals surface area contributed by atoms with E-state index in [0.29, 0.717) is 19.0 Å². The Bertz CT molecular complexity index is 467. The SMILES string of the molecule is CCCNc1ncc(F)c(N2CCN(C)C(=O)C2)n1. The van der Waals surface area contributed by atoms with Gasteiger partial charge < -0.3 is 15.1 Å². The molecule has 0 atom stereocenters. The molecule has 1 aromatic rings. The first-order valence-electron chi connectivity index (χ1n) is 6.37. The lowest BCUT2D eigenvalue weighted by Gasteiger charge is -2.32. The van der Waals surface area contributed by atoms with Crippen LogP contribution in [0.4, 0.5) is 16.2 Å². The molecule has 2 heterocycles. The minimum atomic E-state index is -0.501. The van der Waals surface area contributed by atoms with Crippen molar-refractivity contribution in [2.75, 3.05) is 43.4 Å². The third-order valence-electron chi connectivity index (χ3n) is 3.02. The van der Waals surface area contributed by atoms with Gasteiger partial charge in [0.2, 0.25) is 11.9 Å². The zero-order valence-corrected chi connectivity index (χ0v) is 11.2. The lowest BCUT2D eigenvalue weighted by Crippen LogP contribution is -2.49. The van der Waals surface area contributed by atoms with Crippen molar-refractivity contribution < 1.29 is 9.18 Å². The maximum absolute atomic E-state index is 13.8. The van der Waals surface area contributed by atoms with E-state index in [-0.39, 0.29) is 18.3 Å². The molecule has 1 fully saturated rings. The Morgan fingerprint density at radius 2 is 2.26 bits per heavy atom. The molecule has 0 unspecified atom stereocenters. The number of carbonyl (C=O) groups excluding carboxylic acids is 1. The van der Waals surface area contributed by atoms with E-state index in [1.54, 1.807) is 16.8 Å². The van der Waals surface area contributed by atoms with Crippen molar-refractivity contribution in [3.8, 4) is 0 Å². The van der Waals surface area contributed by atoms with Crippen LogP contribution in [0.3, 0.4) is 0 Å². The summed E-state index contributed by atoms with van der Waals surface area (Å²) in [4.78, 5) is 23.0. The number of hydrogen-bond donors (Lipinski definition) is 1. The summed E-state index contributed by atoms with van der Waals surface area (Å²) in [6.07, 6.45) is 2.08. The Morgan fingerprint density at radius 1 is 1.47 bits per heavy atom. The average Bonchev–Trinajstić information content (AvgIpc) is 2.41. The number of anilines is 2. The number of amides is 1. The first kappa shape index (κ1) is 13.5.